The van der Waals surface area contributed by atoms with Gasteiger partial charge in [0.1, 0.15) is 0 Å². The molecule has 0 radical (unpaired) electrons. The molecular formula is C24H27N3OS. The lowest BCUT2D eigenvalue weighted by atomic mass is 9.96. The molecule has 1 saturated heterocycles. The first-order valence-electron chi connectivity index (χ1n) is 10.3. The zero-order valence-corrected chi connectivity index (χ0v) is 17.5. The highest BCUT2D eigenvalue weighted by Gasteiger charge is 2.25. The van der Waals surface area contributed by atoms with Gasteiger partial charge in [0.15, 0.2) is 0 Å². The monoisotopic (exact) mass is 405 g/mol. The molecule has 0 atom stereocenters. The number of nitrogens with one attached hydrogen (secondary N) is 1. The first-order valence-corrected chi connectivity index (χ1v) is 11.1. The van der Waals surface area contributed by atoms with Crippen LogP contribution in [0.4, 0.5) is 11.4 Å². The van der Waals surface area contributed by atoms with Crippen LogP contribution in [0.3, 0.4) is 0 Å². The summed E-state index contributed by atoms with van der Waals surface area (Å²) < 4.78 is 0. The third-order valence-electron chi connectivity index (χ3n) is 5.66. The number of fused-ring (bicyclic) bond motifs is 2. The molecule has 5 heteroatoms. The maximum atomic E-state index is 12.5. The molecule has 2 aliphatic rings. The summed E-state index contributed by atoms with van der Waals surface area (Å²) in [7, 11) is 0. The van der Waals surface area contributed by atoms with Crippen LogP contribution in [0.25, 0.3) is 0 Å². The lowest BCUT2D eigenvalue weighted by Gasteiger charge is -2.33. The van der Waals surface area contributed by atoms with E-state index in [2.05, 4.69) is 69.6 Å². The lowest BCUT2D eigenvalue weighted by Crippen LogP contribution is -2.41. The highest BCUT2D eigenvalue weighted by molar-refractivity contribution is 7.99. The first kappa shape index (κ1) is 19.9. The number of hydrogen-bond donors (Lipinski definition) is 1. The maximum absolute atomic E-state index is 12.5. The molecule has 0 unspecified atom stereocenters. The summed E-state index contributed by atoms with van der Waals surface area (Å²) in [4.78, 5) is 19.7. The second-order valence-corrected chi connectivity index (χ2v) is 8.67. The van der Waals surface area contributed by atoms with Gasteiger partial charge in [-0.15, -0.1) is 6.42 Å². The Morgan fingerprint density at radius 3 is 2.31 bits per heavy atom. The molecule has 0 aliphatic carbocycles. The zero-order chi connectivity index (χ0) is 20.1. The predicted molar refractivity (Wildman–Crippen MR) is 120 cm³/mol. The predicted octanol–water partition coefficient (Wildman–Crippen LogP) is 4.14. The summed E-state index contributed by atoms with van der Waals surface area (Å²) in [5.74, 6) is 3.00. The van der Waals surface area contributed by atoms with E-state index in [-0.39, 0.29) is 11.8 Å². The Kier molecular flexibility index (Phi) is 6.43. The number of carbonyl (C=O) groups excluding carboxylic acids is 1. The number of likely N-dealkylation sites (tertiary alicyclic amines) is 1. The number of amides is 1. The van der Waals surface area contributed by atoms with E-state index < -0.39 is 0 Å². The molecule has 2 heterocycles. The third-order valence-corrected chi connectivity index (χ3v) is 6.79. The maximum Gasteiger partial charge on any atom is 0.223 e. The van der Waals surface area contributed by atoms with Gasteiger partial charge < -0.3 is 10.2 Å². The minimum Gasteiger partial charge on any atom is -0.356 e. The van der Waals surface area contributed by atoms with Crippen molar-refractivity contribution in [3.8, 4) is 12.3 Å². The Balaban J connectivity index is 1.30. The molecule has 1 N–H and O–H groups in total. The van der Waals surface area contributed by atoms with Crippen molar-refractivity contribution >= 4 is 29.0 Å². The van der Waals surface area contributed by atoms with Crippen molar-refractivity contribution in [1.29, 1.82) is 0 Å². The number of nitrogens with zero attached hydrogens (tertiary/aromatic N) is 2. The van der Waals surface area contributed by atoms with Crippen LogP contribution >= 0.6 is 11.8 Å². The summed E-state index contributed by atoms with van der Waals surface area (Å²) in [6.07, 6.45) is 8.09. The van der Waals surface area contributed by atoms with Gasteiger partial charge in [-0.3, -0.25) is 9.69 Å². The van der Waals surface area contributed by atoms with E-state index in [0.29, 0.717) is 13.1 Å². The Labute approximate surface area is 177 Å². The molecule has 150 valence electrons. The summed E-state index contributed by atoms with van der Waals surface area (Å²) in [6.45, 7) is 4.11. The molecule has 1 amide bonds. The fraction of sp³-hybridized carbons (Fsp3) is 0.375. The fourth-order valence-electron chi connectivity index (χ4n) is 4.10. The van der Waals surface area contributed by atoms with Crippen molar-refractivity contribution in [2.45, 2.75) is 29.1 Å². The Morgan fingerprint density at radius 1 is 1.07 bits per heavy atom. The smallest absolute Gasteiger partial charge is 0.223 e. The Morgan fingerprint density at radius 2 is 1.69 bits per heavy atom. The van der Waals surface area contributed by atoms with Gasteiger partial charge in [-0.1, -0.05) is 41.9 Å². The van der Waals surface area contributed by atoms with Crippen molar-refractivity contribution in [3.05, 3.63) is 48.5 Å². The normalized spacial score (nSPS) is 16.6. The van der Waals surface area contributed by atoms with Crippen LogP contribution in [0, 0.1) is 18.3 Å². The van der Waals surface area contributed by atoms with Gasteiger partial charge in [-0.05, 0) is 56.6 Å². The summed E-state index contributed by atoms with van der Waals surface area (Å²) in [5, 5.41) is 3.16. The van der Waals surface area contributed by atoms with Crippen LogP contribution in [0.1, 0.15) is 19.3 Å². The van der Waals surface area contributed by atoms with Crippen molar-refractivity contribution < 1.29 is 4.79 Å². The summed E-state index contributed by atoms with van der Waals surface area (Å²) in [6, 6.07) is 17.1. The topological polar surface area (TPSA) is 35.6 Å². The van der Waals surface area contributed by atoms with Crippen molar-refractivity contribution in [2.24, 2.45) is 5.92 Å². The van der Waals surface area contributed by atoms with E-state index in [1.54, 1.807) is 0 Å². The number of hydrogen-bond acceptors (Lipinski definition) is 4. The van der Waals surface area contributed by atoms with E-state index >= 15 is 0 Å². The molecule has 1 fully saturated rings. The van der Waals surface area contributed by atoms with E-state index in [1.165, 1.54) is 21.2 Å². The highest BCUT2D eigenvalue weighted by Crippen LogP contribution is 2.47. The molecule has 0 saturated carbocycles. The van der Waals surface area contributed by atoms with Gasteiger partial charge in [0, 0.05) is 28.8 Å². The number of rotatable bonds is 6. The molecule has 29 heavy (non-hydrogen) atoms. The minimum atomic E-state index is 0.122. The number of benzene rings is 2. The van der Waals surface area contributed by atoms with E-state index in [1.807, 2.05) is 11.8 Å². The second kappa shape index (κ2) is 9.39. The van der Waals surface area contributed by atoms with Crippen LogP contribution < -0.4 is 10.2 Å². The second-order valence-electron chi connectivity index (χ2n) is 7.59. The molecule has 2 aliphatic heterocycles. The van der Waals surface area contributed by atoms with Gasteiger partial charge in [0.2, 0.25) is 5.91 Å². The molecule has 2 aromatic carbocycles. The summed E-state index contributed by atoms with van der Waals surface area (Å²) in [5.41, 5.74) is 2.51. The van der Waals surface area contributed by atoms with E-state index in [4.69, 9.17) is 6.42 Å². The molecule has 0 bridgehead atoms. The van der Waals surface area contributed by atoms with E-state index in [0.717, 1.165) is 38.9 Å². The molecule has 4 rings (SSSR count). The van der Waals surface area contributed by atoms with Crippen LogP contribution in [-0.2, 0) is 4.79 Å². The van der Waals surface area contributed by atoms with Crippen molar-refractivity contribution in [2.75, 3.05) is 37.6 Å². The van der Waals surface area contributed by atoms with Gasteiger partial charge in [0.05, 0.1) is 17.9 Å². The number of para-hydroxylation sites is 2. The average molecular weight is 406 g/mol. The van der Waals surface area contributed by atoms with Crippen LogP contribution in [0.2, 0.25) is 0 Å². The standard InChI is InChI=1S/C24H27N3OS/c1-2-15-26-17-12-19(13-18-26)24(28)25-14-7-16-27-20-8-3-5-10-22(20)29-23-11-6-4-9-21(23)27/h1,3-6,8-11,19H,7,12-18H2,(H,25,28). The molecule has 4 nitrogen and oxygen atoms in total. The highest BCUT2D eigenvalue weighted by atomic mass is 32.2. The minimum absolute atomic E-state index is 0.122. The van der Waals surface area contributed by atoms with Crippen molar-refractivity contribution in [3.63, 3.8) is 0 Å². The SMILES string of the molecule is C#CCN1CCC(C(=O)NCCCN2c3ccccc3Sc3ccccc32)CC1. The van der Waals surface area contributed by atoms with Crippen LogP contribution in [-0.4, -0.2) is 43.5 Å². The fourth-order valence-corrected chi connectivity index (χ4v) is 5.19. The Hall–Kier alpha value is -2.42. The van der Waals surface area contributed by atoms with Gasteiger partial charge in [-0.2, -0.15) is 0 Å². The van der Waals surface area contributed by atoms with Gasteiger partial charge in [-0.25, -0.2) is 0 Å². The quantitative estimate of drug-likeness (QED) is 0.579. The van der Waals surface area contributed by atoms with Crippen molar-refractivity contribution in [1.82, 2.24) is 10.2 Å². The zero-order valence-electron chi connectivity index (χ0n) is 16.6. The third kappa shape index (κ3) is 4.60. The van der Waals surface area contributed by atoms with Crippen LogP contribution in [0.5, 0.6) is 0 Å². The molecular weight excluding hydrogens is 378 g/mol. The average Bonchev–Trinajstić information content (AvgIpc) is 2.76. The number of terminal acetylenes is 1. The van der Waals surface area contributed by atoms with E-state index in [9.17, 15) is 4.79 Å². The number of anilines is 2. The lowest BCUT2D eigenvalue weighted by molar-refractivity contribution is -0.126. The van der Waals surface area contributed by atoms with Crippen LogP contribution in [0.15, 0.2) is 58.3 Å². The summed E-state index contributed by atoms with van der Waals surface area (Å²) >= 11 is 1.83. The molecule has 2 aromatic rings. The largest absolute Gasteiger partial charge is 0.356 e. The van der Waals surface area contributed by atoms with Gasteiger partial charge in [0.25, 0.3) is 0 Å². The number of piperidine rings is 1. The number of carbonyl (C=O) groups is 1. The first-order chi connectivity index (χ1) is 14.3. The van der Waals surface area contributed by atoms with Gasteiger partial charge >= 0.3 is 0 Å². The molecule has 0 spiro atoms. The Bertz CT molecular complexity index is 853. The molecule has 0 aromatic heterocycles.